The van der Waals surface area contributed by atoms with Gasteiger partial charge in [0.25, 0.3) is 15.2 Å². The smallest absolute Gasteiger partial charge is 0.278 e. The average molecular weight is 326 g/mol. The summed E-state index contributed by atoms with van der Waals surface area (Å²) in [6, 6.07) is 5.97. The van der Waals surface area contributed by atoms with Gasteiger partial charge in [0.2, 0.25) is 0 Å². The van der Waals surface area contributed by atoms with E-state index in [0.717, 1.165) is 0 Å². The van der Waals surface area contributed by atoms with Crippen LogP contribution in [0.25, 0.3) is 0 Å². The summed E-state index contributed by atoms with van der Waals surface area (Å²) in [6.07, 6.45) is 0.824. The van der Waals surface area contributed by atoms with Crippen molar-refractivity contribution in [3.63, 3.8) is 0 Å². The molecule has 1 aromatic heterocycles. The van der Waals surface area contributed by atoms with E-state index in [9.17, 15) is 12.8 Å². The number of morpholine rings is 1. The Morgan fingerprint density at radius 3 is 2.91 bits per heavy atom. The molecule has 1 atom stereocenters. The van der Waals surface area contributed by atoms with Gasteiger partial charge in [0.05, 0.1) is 12.7 Å². The Kier molecular flexibility index (Phi) is 3.94. The van der Waals surface area contributed by atoms with Crippen LogP contribution in [0.2, 0.25) is 0 Å². The highest BCUT2D eigenvalue weighted by Crippen LogP contribution is 2.26. The normalized spacial score (nSPS) is 20.2. The number of hydrogen-bond donors (Lipinski definition) is 0. The molecule has 0 amide bonds. The Hall–Kier alpha value is -1.84. The Balaban J connectivity index is 1.86. The molecule has 1 aromatic carbocycles. The largest absolute Gasteiger partial charge is 0.371 e. The van der Waals surface area contributed by atoms with Crippen LogP contribution in [-0.4, -0.2) is 47.2 Å². The zero-order chi connectivity index (χ0) is 15.7. The molecular formula is C13H15FN4O3S. The molecule has 0 saturated carbocycles. The zero-order valence-corrected chi connectivity index (χ0v) is 12.7. The van der Waals surface area contributed by atoms with Crippen molar-refractivity contribution in [2.45, 2.75) is 11.3 Å². The van der Waals surface area contributed by atoms with Crippen molar-refractivity contribution >= 4 is 10.0 Å². The minimum absolute atomic E-state index is 0.110. The third-order valence-corrected chi connectivity index (χ3v) is 5.33. The minimum atomic E-state index is -3.75. The van der Waals surface area contributed by atoms with Gasteiger partial charge in [0.1, 0.15) is 12.1 Å². The van der Waals surface area contributed by atoms with Gasteiger partial charge in [0, 0.05) is 20.1 Å². The van der Waals surface area contributed by atoms with E-state index >= 15 is 0 Å². The molecule has 1 fully saturated rings. The molecule has 2 aromatic rings. The standard InChI is InChI=1S/C13H15FN4O3S/c1-17-9-15-16-13(17)22(19,20)18-5-6-21-12(8-18)10-3-2-4-11(14)7-10/h2-4,7,9,12H,5-6,8H2,1H3. The van der Waals surface area contributed by atoms with E-state index in [1.165, 1.54) is 27.3 Å². The highest BCUT2D eigenvalue weighted by molar-refractivity contribution is 7.89. The van der Waals surface area contributed by atoms with Crippen LogP contribution in [-0.2, 0) is 21.8 Å². The average Bonchev–Trinajstić information content (AvgIpc) is 2.94. The van der Waals surface area contributed by atoms with Gasteiger partial charge in [-0.3, -0.25) is 0 Å². The third kappa shape index (κ3) is 2.74. The second-order valence-electron chi connectivity index (χ2n) is 5.00. The van der Waals surface area contributed by atoms with Gasteiger partial charge in [-0.25, -0.2) is 12.8 Å². The summed E-state index contributed by atoms with van der Waals surface area (Å²) in [5.41, 5.74) is 0.609. The molecule has 0 aliphatic carbocycles. The molecule has 0 N–H and O–H groups in total. The maximum absolute atomic E-state index is 13.3. The second kappa shape index (κ2) is 5.75. The first-order chi connectivity index (χ1) is 10.5. The summed E-state index contributed by atoms with van der Waals surface area (Å²) >= 11 is 0. The molecule has 1 unspecified atom stereocenters. The SMILES string of the molecule is Cn1cnnc1S(=O)(=O)N1CCOC(c2cccc(F)c2)C1. The van der Waals surface area contributed by atoms with Gasteiger partial charge in [-0.1, -0.05) is 12.1 Å². The van der Waals surface area contributed by atoms with Crippen LogP contribution in [0.15, 0.2) is 35.7 Å². The maximum atomic E-state index is 13.3. The summed E-state index contributed by atoms with van der Waals surface area (Å²) in [5, 5.41) is 7.14. The number of sulfonamides is 1. The van der Waals surface area contributed by atoms with Crippen molar-refractivity contribution in [1.82, 2.24) is 19.1 Å². The lowest BCUT2D eigenvalue weighted by Gasteiger charge is -2.31. The van der Waals surface area contributed by atoms with Crippen LogP contribution in [0.1, 0.15) is 11.7 Å². The highest BCUT2D eigenvalue weighted by Gasteiger charge is 2.34. The highest BCUT2D eigenvalue weighted by atomic mass is 32.2. The Bertz CT molecular complexity index is 777. The molecule has 2 heterocycles. The molecule has 7 nitrogen and oxygen atoms in total. The van der Waals surface area contributed by atoms with Gasteiger partial charge >= 0.3 is 0 Å². The van der Waals surface area contributed by atoms with Crippen LogP contribution >= 0.6 is 0 Å². The summed E-state index contributed by atoms with van der Waals surface area (Å²) in [7, 11) is -2.18. The number of ether oxygens (including phenoxy) is 1. The molecule has 9 heteroatoms. The predicted molar refractivity (Wildman–Crippen MR) is 74.9 cm³/mol. The van der Waals surface area contributed by atoms with Gasteiger partial charge in [-0.15, -0.1) is 10.2 Å². The first-order valence-electron chi connectivity index (χ1n) is 6.69. The lowest BCUT2D eigenvalue weighted by atomic mass is 10.1. The fourth-order valence-electron chi connectivity index (χ4n) is 2.37. The Morgan fingerprint density at radius 2 is 2.23 bits per heavy atom. The first-order valence-corrected chi connectivity index (χ1v) is 8.14. The molecule has 1 saturated heterocycles. The molecule has 0 radical (unpaired) electrons. The number of aromatic nitrogens is 3. The summed E-state index contributed by atoms with van der Waals surface area (Å²) < 4.78 is 46.7. The molecule has 22 heavy (non-hydrogen) atoms. The van der Waals surface area contributed by atoms with Crippen LogP contribution in [0, 0.1) is 5.82 Å². The van der Waals surface area contributed by atoms with Gasteiger partial charge in [-0.2, -0.15) is 4.31 Å². The number of nitrogens with zero attached hydrogens (tertiary/aromatic N) is 4. The van der Waals surface area contributed by atoms with Crippen molar-refractivity contribution in [3.05, 3.63) is 42.0 Å². The van der Waals surface area contributed by atoms with Crippen molar-refractivity contribution in [1.29, 1.82) is 0 Å². The van der Waals surface area contributed by atoms with Gasteiger partial charge in [0.15, 0.2) is 0 Å². The second-order valence-corrected chi connectivity index (χ2v) is 6.83. The Morgan fingerprint density at radius 1 is 1.41 bits per heavy atom. The molecule has 3 rings (SSSR count). The quantitative estimate of drug-likeness (QED) is 0.830. The van der Waals surface area contributed by atoms with E-state index in [1.807, 2.05) is 0 Å². The van der Waals surface area contributed by atoms with E-state index in [-0.39, 0.29) is 30.7 Å². The van der Waals surface area contributed by atoms with E-state index < -0.39 is 16.1 Å². The van der Waals surface area contributed by atoms with Crippen LogP contribution in [0.4, 0.5) is 4.39 Å². The molecule has 0 spiro atoms. The summed E-state index contributed by atoms with van der Waals surface area (Å²) in [6.45, 7) is 0.567. The molecule has 0 bridgehead atoms. The summed E-state index contributed by atoms with van der Waals surface area (Å²) in [4.78, 5) is 0. The monoisotopic (exact) mass is 326 g/mol. The Labute approximate surface area is 127 Å². The number of benzene rings is 1. The number of aryl methyl sites for hydroxylation is 1. The predicted octanol–water partition coefficient (Wildman–Crippen LogP) is 0.716. The molecule has 118 valence electrons. The number of rotatable bonds is 3. The van der Waals surface area contributed by atoms with Crippen LogP contribution in [0.5, 0.6) is 0 Å². The van der Waals surface area contributed by atoms with Crippen LogP contribution in [0.3, 0.4) is 0 Å². The molecular weight excluding hydrogens is 311 g/mol. The molecule has 1 aliphatic heterocycles. The lowest BCUT2D eigenvalue weighted by Crippen LogP contribution is -2.43. The van der Waals surface area contributed by atoms with Crippen molar-refractivity contribution in [3.8, 4) is 0 Å². The van der Waals surface area contributed by atoms with E-state index in [4.69, 9.17) is 4.74 Å². The van der Waals surface area contributed by atoms with Gasteiger partial charge in [-0.05, 0) is 17.7 Å². The number of halogens is 1. The lowest BCUT2D eigenvalue weighted by molar-refractivity contribution is -0.00289. The van der Waals surface area contributed by atoms with Crippen molar-refractivity contribution in [2.24, 2.45) is 7.05 Å². The van der Waals surface area contributed by atoms with Crippen LogP contribution < -0.4 is 0 Å². The third-order valence-electron chi connectivity index (χ3n) is 3.49. The first kappa shape index (κ1) is 15.1. The van der Waals surface area contributed by atoms with Crippen molar-refractivity contribution in [2.75, 3.05) is 19.7 Å². The minimum Gasteiger partial charge on any atom is -0.371 e. The van der Waals surface area contributed by atoms with Gasteiger partial charge < -0.3 is 9.30 Å². The topological polar surface area (TPSA) is 77.3 Å². The molecule has 1 aliphatic rings. The fourth-order valence-corrected chi connectivity index (χ4v) is 3.81. The zero-order valence-electron chi connectivity index (χ0n) is 11.9. The maximum Gasteiger partial charge on any atom is 0.278 e. The van der Waals surface area contributed by atoms with E-state index in [2.05, 4.69) is 10.2 Å². The fraction of sp³-hybridized carbons (Fsp3) is 0.385. The van der Waals surface area contributed by atoms with Crippen molar-refractivity contribution < 1.29 is 17.5 Å². The van der Waals surface area contributed by atoms with E-state index in [0.29, 0.717) is 5.56 Å². The summed E-state index contributed by atoms with van der Waals surface area (Å²) in [5.74, 6) is -0.380. The number of hydrogen-bond acceptors (Lipinski definition) is 5. The van der Waals surface area contributed by atoms with E-state index in [1.54, 1.807) is 19.2 Å².